The molecule has 0 atom stereocenters. The molecule has 1 heterocycles. The zero-order valence-electron chi connectivity index (χ0n) is 8.08. The predicted octanol–water partition coefficient (Wildman–Crippen LogP) is 1.22. The minimum absolute atomic E-state index is 0.495. The highest BCUT2D eigenvalue weighted by Crippen LogP contribution is 2.32. The number of aromatic nitrogens is 2. The van der Waals surface area contributed by atoms with E-state index in [-0.39, 0.29) is 0 Å². The average Bonchev–Trinajstić information content (AvgIpc) is 2.63. The molecule has 0 aliphatic heterocycles. The molecule has 0 amide bonds. The number of nitrogens with zero attached hydrogens (tertiary/aromatic N) is 2. The van der Waals surface area contributed by atoms with Crippen LogP contribution in [-0.2, 0) is 12.0 Å². The van der Waals surface area contributed by atoms with E-state index < -0.39 is 5.54 Å². The summed E-state index contributed by atoms with van der Waals surface area (Å²) in [6, 6.07) is 0. The predicted molar refractivity (Wildman–Crippen MR) is 47.9 cm³/mol. The molecule has 0 bridgehead atoms. The van der Waals surface area contributed by atoms with E-state index in [0.717, 1.165) is 18.2 Å². The molecule has 0 saturated heterocycles. The smallest absolute Gasteiger partial charge is 0.226 e. The van der Waals surface area contributed by atoms with Gasteiger partial charge in [-0.15, -0.1) is 0 Å². The van der Waals surface area contributed by atoms with Crippen LogP contribution < -0.4 is 5.73 Å². The van der Waals surface area contributed by atoms with Crippen molar-refractivity contribution >= 4 is 0 Å². The Bertz CT molecular complexity index is 296. The molecule has 1 aromatic rings. The van der Waals surface area contributed by atoms with Gasteiger partial charge in [-0.05, 0) is 32.6 Å². The first kappa shape index (κ1) is 8.69. The van der Waals surface area contributed by atoms with Crippen LogP contribution in [0.1, 0.15) is 38.4 Å². The maximum Gasteiger partial charge on any atom is 0.226 e. The van der Waals surface area contributed by atoms with Gasteiger partial charge in [0.1, 0.15) is 0 Å². The fourth-order valence-corrected chi connectivity index (χ4v) is 1.17. The van der Waals surface area contributed by atoms with Crippen molar-refractivity contribution in [3.05, 3.63) is 11.7 Å². The summed E-state index contributed by atoms with van der Waals surface area (Å²) in [6.45, 7) is 3.75. The third-order valence-corrected chi connectivity index (χ3v) is 2.20. The van der Waals surface area contributed by atoms with Gasteiger partial charge in [-0.2, -0.15) is 4.98 Å². The van der Waals surface area contributed by atoms with E-state index in [1.165, 1.54) is 12.8 Å². The first-order chi connectivity index (χ1) is 6.05. The highest BCUT2D eigenvalue weighted by atomic mass is 16.5. The standard InChI is InChI=1S/C9H15N3O/c1-9(2,10)8-11-7(13-12-8)5-6-3-4-6/h6H,3-5,10H2,1-2H3. The monoisotopic (exact) mass is 181 g/mol. The maximum absolute atomic E-state index is 5.83. The fourth-order valence-electron chi connectivity index (χ4n) is 1.17. The molecule has 0 spiro atoms. The van der Waals surface area contributed by atoms with Gasteiger partial charge in [0.15, 0.2) is 5.82 Å². The second-order valence-electron chi connectivity index (χ2n) is 4.38. The molecule has 0 unspecified atom stereocenters. The van der Waals surface area contributed by atoms with E-state index in [4.69, 9.17) is 10.3 Å². The molecule has 2 rings (SSSR count). The third-order valence-electron chi connectivity index (χ3n) is 2.20. The second kappa shape index (κ2) is 2.80. The molecule has 2 N–H and O–H groups in total. The summed E-state index contributed by atoms with van der Waals surface area (Å²) in [6.07, 6.45) is 3.51. The van der Waals surface area contributed by atoms with Gasteiger partial charge in [-0.25, -0.2) is 0 Å². The van der Waals surface area contributed by atoms with E-state index >= 15 is 0 Å². The van der Waals surface area contributed by atoms with E-state index in [1.807, 2.05) is 13.8 Å². The van der Waals surface area contributed by atoms with Crippen molar-refractivity contribution in [2.24, 2.45) is 11.7 Å². The molecule has 0 aromatic carbocycles. The van der Waals surface area contributed by atoms with Crippen molar-refractivity contribution in [1.29, 1.82) is 0 Å². The Morgan fingerprint density at radius 2 is 2.23 bits per heavy atom. The highest BCUT2D eigenvalue weighted by molar-refractivity contribution is 5.00. The van der Waals surface area contributed by atoms with Crippen molar-refractivity contribution in [2.75, 3.05) is 0 Å². The van der Waals surface area contributed by atoms with Gasteiger partial charge in [0.2, 0.25) is 5.89 Å². The van der Waals surface area contributed by atoms with E-state index in [2.05, 4.69) is 10.1 Å². The zero-order chi connectivity index (χ0) is 9.47. The number of rotatable bonds is 3. The van der Waals surface area contributed by atoms with E-state index in [1.54, 1.807) is 0 Å². The lowest BCUT2D eigenvalue weighted by molar-refractivity contribution is 0.356. The largest absolute Gasteiger partial charge is 0.339 e. The van der Waals surface area contributed by atoms with Gasteiger partial charge in [0.25, 0.3) is 0 Å². The molecular formula is C9H15N3O. The normalized spacial score (nSPS) is 17.8. The molecule has 4 nitrogen and oxygen atoms in total. The van der Waals surface area contributed by atoms with Crippen LogP contribution in [0.4, 0.5) is 0 Å². The fraction of sp³-hybridized carbons (Fsp3) is 0.778. The molecule has 0 radical (unpaired) electrons. The molecule has 1 aliphatic rings. The molecule has 1 aromatic heterocycles. The van der Waals surface area contributed by atoms with Gasteiger partial charge in [-0.1, -0.05) is 5.16 Å². The number of hydrogen-bond acceptors (Lipinski definition) is 4. The molecule has 4 heteroatoms. The average molecular weight is 181 g/mol. The summed E-state index contributed by atoms with van der Waals surface area (Å²) in [5.74, 6) is 2.10. The number of nitrogens with two attached hydrogens (primary N) is 1. The van der Waals surface area contributed by atoms with Gasteiger partial charge in [-0.3, -0.25) is 0 Å². The lowest BCUT2D eigenvalue weighted by Crippen LogP contribution is -2.30. The van der Waals surface area contributed by atoms with Crippen LogP contribution in [0, 0.1) is 5.92 Å². The summed E-state index contributed by atoms with van der Waals surface area (Å²) in [7, 11) is 0. The minimum Gasteiger partial charge on any atom is -0.339 e. The van der Waals surface area contributed by atoms with Gasteiger partial charge in [0.05, 0.1) is 5.54 Å². The molecule has 1 saturated carbocycles. The first-order valence-corrected chi connectivity index (χ1v) is 4.67. The van der Waals surface area contributed by atoms with Crippen LogP contribution >= 0.6 is 0 Å². The van der Waals surface area contributed by atoms with Gasteiger partial charge in [0, 0.05) is 6.42 Å². The maximum atomic E-state index is 5.83. The van der Waals surface area contributed by atoms with Crippen molar-refractivity contribution in [3.63, 3.8) is 0 Å². The quantitative estimate of drug-likeness (QED) is 0.761. The van der Waals surface area contributed by atoms with Crippen molar-refractivity contribution in [3.8, 4) is 0 Å². The van der Waals surface area contributed by atoms with Crippen molar-refractivity contribution in [2.45, 2.75) is 38.6 Å². The topological polar surface area (TPSA) is 64.9 Å². The van der Waals surface area contributed by atoms with Crippen LogP contribution in [0.25, 0.3) is 0 Å². The third kappa shape index (κ3) is 2.06. The minimum atomic E-state index is -0.495. The van der Waals surface area contributed by atoms with Crippen LogP contribution in [0.5, 0.6) is 0 Å². The molecule has 13 heavy (non-hydrogen) atoms. The SMILES string of the molecule is CC(C)(N)c1noc(CC2CC2)n1. The van der Waals surface area contributed by atoms with E-state index in [0.29, 0.717) is 5.82 Å². The Labute approximate surface area is 77.5 Å². The van der Waals surface area contributed by atoms with E-state index in [9.17, 15) is 0 Å². The second-order valence-corrected chi connectivity index (χ2v) is 4.38. The summed E-state index contributed by atoms with van der Waals surface area (Å²) in [5, 5.41) is 3.86. The Morgan fingerprint density at radius 3 is 2.69 bits per heavy atom. The van der Waals surface area contributed by atoms with Crippen molar-refractivity contribution < 1.29 is 4.52 Å². The number of hydrogen-bond donors (Lipinski definition) is 1. The van der Waals surface area contributed by atoms with Crippen LogP contribution in [0.2, 0.25) is 0 Å². The molecule has 72 valence electrons. The lowest BCUT2D eigenvalue weighted by Gasteiger charge is -2.11. The van der Waals surface area contributed by atoms with Crippen LogP contribution in [-0.4, -0.2) is 10.1 Å². The summed E-state index contributed by atoms with van der Waals surface area (Å²) < 4.78 is 5.10. The summed E-state index contributed by atoms with van der Waals surface area (Å²) in [5.41, 5.74) is 5.34. The summed E-state index contributed by atoms with van der Waals surface area (Å²) in [4.78, 5) is 4.26. The van der Waals surface area contributed by atoms with Gasteiger partial charge < -0.3 is 10.3 Å². The Morgan fingerprint density at radius 1 is 1.54 bits per heavy atom. The zero-order valence-corrected chi connectivity index (χ0v) is 8.08. The Kier molecular flexibility index (Phi) is 1.87. The first-order valence-electron chi connectivity index (χ1n) is 4.67. The van der Waals surface area contributed by atoms with Crippen molar-refractivity contribution in [1.82, 2.24) is 10.1 Å². The Hall–Kier alpha value is -0.900. The molecular weight excluding hydrogens is 166 g/mol. The van der Waals surface area contributed by atoms with Crippen LogP contribution in [0.3, 0.4) is 0 Å². The van der Waals surface area contributed by atoms with Crippen LogP contribution in [0.15, 0.2) is 4.52 Å². The Balaban J connectivity index is 2.08. The lowest BCUT2D eigenvalue weighted by atomic mass is 10.1. The summed E-state index contributed by atoms with van der Waals surface area (Å²) >= 11 is 0. The molecule has 1 aliphatic carbocycles. The van der Waals surface area contributed by atoms with Gasteiger partial charge >= 0.3 is 0 Å². The molecule has 1 fully saturated rings. The highest BCUT2D eigenvalue weighted by Gasteiger charge is 2.26.